The Labute approximate surface area is 100 Å². The Hall–Kier alpha value is -0.120. The molecule has 3 nitrogen and oxygen atoms in total. The summed E-state index contributed by atoms with van der Waals surface area (Å²) >= 11 is 0. The normalized spacial score (nSPS) is 17.2. The third-order valence-electron chi connectivity index (χ3n) is 3.03. The van der Waals surface area contributed by atoms with Gasteiger partial charge in [0, 0.05) is 0 Å². The van der Waals surface area contributed by atoms with E-state index in [4.69, 9.17) is 9.47 Å². The van der Waals surface area contributed by atoms with Crippen molar-refractivity contribution in [3.63, 3.8) is 0 Å². The molecule has 0 aliphatic heterocycles. The molecule has 0 aliphatic carbocycles. The minimum Gasteiger partial charge on any atom is -0.388 e. The van der Waals surface area contributed by atoms with E-state index in [9.17, 15) is 5.11 Å². The van der Waals surface area contributed by atoms with Crippen molar-refractivity contribution in [2.45, 2.75) is 66.3 Å². The van der Waals surface area contributed by atoms with Crippen molar-refractivity contribution in [2.75, 3.05) is 13.2 Å². The lowest BCUT2D eigenvalue weighted by Crippen LogP contribution is -2.36. The van der Waals surface area contributed by atoms with Gasteiger partial charge in [-0.2, -0.15) is 0 Å². The van der Waals surface area contributed by atoms with Gasteiger partial charge in [-0.05, 0) is 33.1 Å². The quantitative estimate of drug-likeness (QED) is 0.715. The van der Waals surface area contributed by atoms with Crippen LogP contribution < -0.4 is 0 Å². The van der Waals surface area contributed by atoms with E-state index in [2.05, 4.69) is 27.7 Å². The standard InChI is InChI=1S/C13H28O3/c1-10(12(3,4)5)15-8-9-16-11(2)13(6,7)14/h10-11,14H,8-9H2,1-7H3. The first-order valence-electron chi connectivity index (χ1n) is 6.00. The van der Waals surface area contributed by atoms with Crippen molar-refractivity contribution >= 4 is 0 Å². The zero-order valence-corrected chi connectivity index (χ0v) is 11.8. The first-order valence-corrected chi connectivity index (χ1v) is 6.00. The molecule has 0 aromatic rings. The van der Waals surface area contributed by atoms with Crippen molar-refractivity contribution in [3.05, 3.63) is 0 Å². The van der Waals surface area contributed by atoms with Gasteiger partial charge < -0.3 is 14.6 Å². The van der Waals surface area contributed by atoms with Gasteiger partial charge in [0.15, 0.2) is 0 Å². The van der Waals surface area contributed by atoms with Gasteiger partial charge in [-0.25, -0.2) is 0 Å². The maximum Gasteiger partial charge on any atom is 0.0849 e. The molecule has 16 heavy (non-hydrogen) atoms. The largest absolute Gasteiger partial charge is 0.388 e. The molecule has 0 saturated carbocycles. The first-order chi connectivity index (χ1) is 7.05. The average Bonchev–Trinajstić information content (AvgIpc) is 2.08. The molecule has 2 unspecified atom stereocenters. The van der Waals surface area contributed by atoms with E-state index >= 15 is 0 Å². The van der Waals surface area contributed by atoms with Crippen molar-refractivity contribution in [1.29, 1.82) is 0 Å². The van der Waals surface area contributed by atoms with Gasteiger partial charge >= 0.3 is 0 Å². The molecule has 0 radical (unpaired) electrons. The summed E-state index contributed by atoms with van der Waals surface area (Å²) in [6, 6.07) is 0. The lowest BCUT2D eigenvalue weighted by atomic mass is 9.90. The molecule has 0 aliphatic rings. The lowest BCUT2D eigenvalue weighted by molar-refractivity contribution is -0.102. The Morgan fingerprint density at radius 1 is 0.875 bits per heavy atom. The fourth-order valence-corrected chi connectivity index (χ4v) is 0.904. The highest BCUT2D eigenvalue weighted by molar-refractivity contribution is 4.73. The van der Waals surface area contributed by atoms with Crippen LogP contribution in [0, 0.1) is 5.41 Å². The highest BCUT2D eigenvalue weighted by Crippen LogP contribution is 2.21. The molecular weight excluding hydrogens is 204 g/mol. The second-order valence-corrected chi connectivity index (χ2v) is 6.05. The van der Waals surface area contributed by atoms with Crippen molar-refractivity contribution in [3.8, 4) is 0 Å². The van der Waals surface area contributed by atoms with Crippen molar-refractivity contribution < 1.29 is 14.6 Å². The number of rotatable bonds is 6. The molecule has 0 fully saturated rings. The number of aliphatic hydroxyl groups is 1. The molecule has 0 amide bonds. The van der Waals surface area contributed by atoms with E-state index in [-0.39, 0.29) is 17.6 Å². The van der Waals surface area contributed by atoms with Gasteiger partial charge in [-0.15, -0.1) is 0 Å². The van der Waals surface area contributed by atoms with Crippen molar-refractivity contribution in [2.24, 2.45) is 5.41 Å². The summed E-state index contributed by atoms with van der Waals surface area (Å²) in [4.78, 5) is 0. The van der Waals surface area contributed by atoms with E-state index in [1.807, 2.05) is 6.92 Å². The maximum absolute atomic E-state index is 9.66. The van der Waals surface area contributed by atoms with Crippen LogP contribution in [-0.2, 0) is 9.47 Å². The summed E-state index contributed by atoms with van der Waals surface area (Å²) in [5, 5.41) is 9.66. The third-order valence-corrected chi connectivity index (χ3v) is 3.03. The molecule has 0 aromatic carbocycles. The van der Waals surface area contributed by atoms with Crippen LogP contribution in [0.5, 0.6) is 0 Å². The molecule has 3 heteroatoms. The highest BCUT2D eigenvalue weighted by atomic mass is 16.5. The van der Waals surface area contributed by atoms with E-state index in [0.29, 0.717) is 13.2 Å². The second-order valence-electron chi connectivity index (χ2n) is 6.05. The van der Waals surface area contributed by atoms with E-state index in [1.165, 1.54) is 0 Å². The van der Waals surface area contributed by atoms with Crippen LogP contribution >= 0.6 is 0 Å². The van der Waals surface area contributed by atoms with Gasteiger partial charge in [-0.3, -0.25) is 0 Å². The van der Waals surface area contributed by atoms with E-state index in [1.54, 1.807) is 13.8 Å². The van der Waals surface area contributed by atoms with Gasteiger partial charge in [0.05, 0.1) is 31.0 Å². The molecule has 0 saturated heterocycles. The Bertz CT molecular complexity index is 166. The molecule has 0 aromatic heterocycles. The summed E-state index contributed by atoms with van der Waals surface area (Å²) in [6.45, 7) is 15.0. The predicted octanol–water partition coefficient (Wildman–Crippen LogP) is 2.61. The van der Waals surface area contributed by atoms with Crippen LogP contribution in [0.2, 0.25) is 0 Å². The Morgan fingerprint density at radius 2 is 1.25 bits per heavy atom. The number of hydrogen-bond acceptors (Lipinski definition) is 3. The molecule has 0 heterocycles. The summed E-state index contributed by atoms with van der Waals surface area (Å²) in [5.74, 6) is 0. The zero-order chi connectivity index (χ0) is 13.0. The van der Waals surface area contributed by atoms with Crippen LogP contribution in [-0.4, -0.2) is 36.1 Å². The summed E-state index contributed by atoms with van der Waals surface area (Å²) in [5.41, 5.74) is -0.641. The zero-order valence-electron chi connectivity index (χ0n) is 11.8. The molecule has 2 atom stereocenters. The molecule has 1 N–H and O–H groups in total. The Balaban J connectivity index is 3.70. The van der Waals surface area contributed by atoms with Crippen LogP contribution in [0.1, 0.15) is 48.5 Å². The molecule has 0 spiro atoms. The Kier molecular flexibility index (Phi) is 5.94. The fourth-order valence-electron chi connectivity index (χ4n) is 0.904. The summed E-state index contributed by atoms with van der Waals surface area (Å²) in [7, 11) is 0. The number of hydrogen-bond donors (Lipinski definition) is 1. The second kappa shape index (κ2) is 5.99. The maximum atomic E-state index is 9.66. The average molecular weight is 232 g/mol. The minimum absolute atomic E-state index is 0.155. The molecule has 98 valence electrons. The smallest absolute Gasteiger partial charge is 0.0849 e. The van der Waals surface area contributed by atoms with Gasteiger partial charge in [0.2, 0.25) is 0 Å². The molecule has 0 bridgehead atoms. The topological polar surface area (TPSA) is 38.7 Å². The molecular formula is C13H28O3. The van der Waals surface area contributed by atoms with E-state index in [0.717, 1.165) is 0 Å². The minimum atomic E-state index is -0.796. The number of ether oxygens (including phenoxy) is 2. The third kappa shape index (κ3) is 6.46. The highest BCUT2D eigenvalue weighted by Gasteiger charge is 2.23. The summed E-state index contributed by atoms with van der Waals surface area (Å²) in [6.07, 6.45) is 0.0228. The monoisotopic (exact) mass is 232 g/mol. The van der Waals surface area contributed by atoms with Gasteiger partial charge in [-0.1, -0.05) is 20.8 Å². The summed E-state index contributed by atoms with van der Waals surface area (Å²) < 4.78 is 11.2. The van der Waals surface area contributed by atoms with Crippen LogP contribution in [0.25, 0.3) is 0 Å². The first kappa shape index (κ1) is 15.9. The lowest BCUT2D eigenvalue weighted by Gasteiger charge is -2.29. The van der Waals surface area contributed by atoms with Crippen molar-refractivity contribution in [1.82, 2.24) is 0 Å². The van der Waals surface area contributed by atoms with E-state index < -0.39 is 5.60 Å². The fraction of sp³-hybridized carbons (Fsp3) is 1.00. The van der Waals surface area contributed by atoms with Crippen LogP contribution in [0.15, 0.2) is 0 Å². The van der Waals surface area contributed by atoms with Crippen LogP contribution in [0.4, 0.5) is 0 Å². The van der Waals surface area contributed by atoms with Gasteiger partial charge in [0.25, 0.3) is 0 Å². The van der Waals surface area contributed by atoms with Gasteiger partial charge in [0.1, 0.15) is 0 Å². The predicted molar refractivity (Wildman–Crippen MR) is 66.6 cm³/mol. The molecule has 0 rings (SSSR count). The Morgan fingerprint density at radius 3 is 1.56 bits per heavy atom. The van der Waals surface area contributed by atoms with Crippen LogP contribution in [0.3, 0.4) is 0 Å². The SMILES string of the molecule is CC(OCCOC(C)C(C)(C)O)C(C)(C)C.